The van der Waals surface area contributed by atoms with Crippen molar-refractivity contribution in [1.82, 2.24) is 24.7 Å². The number of hydrogen-bond acceptors (Lipinski definition) is 14. The number of piperidine rings is 1. The molecule has 3 fully saturated rings. The first kappa shape index (κ1) is 60.6. The minimum Gasteiger partial charge on any atom is -0.380 e. The highest BCUT2D eigenvalue weighted by molar-refractivity contribution is 7.99. The molecule has 3 amide bonds. The van der Waals surface area contributed by atoms with Gasteiger partial charge in [-0.25, -0.2) is 25.9 Å². The minimum absolute atomic E-state index is 0.0316. The fourth-order valence-electron chi connectivity index (χ4n) is 10.9. The van der Waals surface area contributed by atoms with E-state index in [0.717, 1.165) is 61.6 Å². The molecule has 1 aliphatic carbocycles. The lowest BCUT2D eigenvalue weighted by Gasteiger charge is -2.39. The van der Waals surface area contributed by atoms with Crippen molar-refractivity contribution in [2.24, 2.45) is 5.41 Å². The maximum atomic E-state index is 15.3. The topological polar surface area (TPSA) is 181 Å². The lowest BCUT2D eigenvalue weighted by molar-refractivity contribution is -0.133. The number of alkyl halides is 3. The van der Waals surface area contributed by atoms with Crippen molar-refractivity contribution in [2.75, 3.05) is 86.7 Å². The van der Waals surface area contributed by atoms with Crippen LogP contribution in [0, 0.1) is 11.2 Å². The van der Waals surface area contributed by atoms with Crippen LogP contribution in [0.15, 0.2) is 136 Å². The molecule has 5 aromatic carbocycles. The zero-order chi connectivity index (χ0) is 58.4. The number of anilines is 3. The van der Waals surface area contributed by atoms with Crippen molar-refractivity contribution in [3.8, 4) is 0 Å². The Morgan fingerprint density at radius 1 is 0.805 bits per heavy atom. The number of hydrogen-bond donors (Lipinski definition) is 4. The number of thioether (sulfide) groups is 1. The molecule has 1 unspecified atom stereocenters. The van der Waals surface area contributed by atoms with E-state index in [1.807, 2.05) is 47.2 Å². The third-order valence-electron chi connectivity index (χ3n) is 15.6. The van der Waals surface area contributed by atoms with Crippen LogP contribution in [0.1, 0.15) is 73.9 Å². The van der Waals surface area contributed by atoms with Gasteiger partial charge >= 0.3 is 5.51 Å². The Morgan fingerprint density at radius 2 is 1.48 bits per heavy atom. The van der Waals surface area contributed by atoms with Crippen molar-refractivity contribution in [3.05, 3.63) is 148 Å². The molecule has 4 N–H and O–H groups in total. The van der Waals surface area contributed by atoms with E-state index in [9.17, 15) is 44.4 Å². The van der Waals surface area contributed by atoms with Crippen LogP contribution in [0.2, 0.25) is 5.02 Å². The molecule has 0 radical (unpaired) electrons. The van der Waals surface area contributed by atoms with Gasteiger partial charge < -0.3 is 20.4 Å². The molecule has 15 nitrogen and oxygen atoms in total. The van der Waals surface area contributed by atoms with Gasteiger partial charge in [-0.3, -0.25) is 29.5 Å². The lowest BCUT2D eigenvalue weighted by Crippen LogP contribution is -2.47. The predicted octanol–water partition coefficient (Wildman–Crippen LogP) is 9.68. The average molecular weight is 1210 g/mol. The molecule has 9 rings (SSSR count). The number of amides is 3. The Hall–Kier alpha value is -6.01. The Bertz CT molecular complexity index is 3380. The number of benzene rings is 5. The van der Waals surface area contributed by atoms with E-state index in [1.54, 1.807) is 24.3 Å². The maximum Gasteiger partial charge on any atom is 0.501 e. The monoisotopic (exact) mass is 1210 g/mol. The van der Waals surface area contributed by atoms with Crippen molar-refractivity contribution in [3.63, 3.8) is 0 Å². The first-order valence-electron chi connectivity index (χ1n) is 27.3. The number of piperazine rings is 2. The van der Waals surface area contributed by atoms with Gasteiger partial charge in [-0.05, 0) is 128 Å². The average Bonchev–Trinajstić information content (AvgIpc) is 3.47. The second-order valence-electron chi connectivity index (χ2n) is 22.1. The smallest absolute Gasteiger partial charge is 0.380 e. The van der Waals surface area contributed by atoms with Gasteiger partial charge in [0.05, 0.1) is 10.6 Å². The van der Waals surface area contributed by atoms with Gasteiger partial charge in [-0.15, -0.1) is 11.8 Å². The number of carbonyl (C=O) groups is 3. The highest BCUT2D eigenvalue weighted by atomic mass is 35.5. The second kappa shape index (κ2) is 25.9. The Balaban J connectivity index is 0.823. The van der Waals surface area contributed by atoms with Crippen LogP contribution in [-0.2, 0) is 36.0 Å². The van der Waals surface area contributed by atoms with Crippen LogP contribution in [-0.4, -0.2) is 138 Å². The summed E-state index contributed by atoms with van der Waals surface area (Å²) in [5, 5.41) is 8.98. The molecule has 5 aromatic rings. The molecular weight excluding hydrogens is 1140 g/mol. The molecule has 0 bridgehead atoms. The van der Waals surface area contributed by atoms with Crippen molar-refractivity contribution in [1.29, 1.82) is 0 Å². The van der Waals surface area contributed by atoms with Crippen LogP contribution in [0.5, 0.6) is 0 Å². The maximum absolute atomic E-state index is 15.3. The molecule has 3 aliphatic heterocycles. The van der Waals surface area contributed by atoms with Crippen LogP contribution in [0.3, 0.4) is 0 Å². The number of imide groups is 1. The van der Waals surface area contributed by atoms with E-state index in [1.165, 1.54) is 46.7 Å². The molecule has 23 heteroatoms. The molecule has 82 heavy (non-hydrogen) atoms. The van der Waals surface area contributed by atoms with Crippen molar-refractivity contribution >= 4 is 83.6 Å². The Morgan fingerprint density at radius 3 is 2.15 bits per heavy atom. The van der Waals surface area contributed by atoms with Crippen LogP contribution in [0.25, 0.3) is 5.57 Å². The van der Waals surface area contributed by atoms with E-state index in [2.05, 4.69) is 61.5 Å². The zero-order valence-electron chi connectivity index (χ0n) is 45.6. The van der Waals surface area contributed by atoms with E-state index >= 15 is 4.39 Å². The third-order valence-corrected chi connectivity index (χ3v) is 19.9. The minimum atomic E-state index is -6.15. The van der Waals surface area contributed by atoms with E-state index in [-0.39, 0.29) is 29.1 Å². The number of sulfonamides is 1. The lowest BCUT2D eigenvalue weighted by atomic mass is 9.73. The zero-order valence-corrected chi connectivity index (χ0v) is 48.8. The summed E-state index contributed by atoms with van der Waals surface area (Å²) in [7, 11) is -11.1. The van der Waals surface area contributed by atoms with Crippen LogP contribution < -0.4 is 25.6 Å². The largest absolute Gasteiger partial charge is 0.501 e. The summed E-state index contributed by atoms with van der Waals surface area (Å²) in [6, 6.07) is 29.4. The summed E-state index contributed by atoms with van der Waals surface area (Å²) in [6.45, 7) is 11.6. The summed E-state index contributed by atoms with van der Waals surface area (Å²) in [5.74, 6) is -2.03. The number of nitrogens with one attached hydrogen (secondary N) is 4. The third kappa shape index (κ3) is 15.4. The Labute approximate surface area is 486 Å². The fourth-order valence-corrected chi connectivity index (χ4v) is 14.0. The molecule has 438 valence electrons. The summed E-state index contributed by atoms with van der Waals surface area (Å²) in [4.78, 5) is 44.8. The molecule has 0 aromatic heterocycles. The standard InChI is InChI=1S/C59H67ClF4N8O7S3/c1-58(2)24-22-50(40-8-13-44(60)14-9-40)43(36-58)38-71-30-32-72(33-31-71)47-16-11-41(12-17-47)56(74)68-82(78,79)49-18-19-52(54(35-49)81(76,77)59(62,63)64)66-46(39-80-48-6-4-3-5-7-48)23-25-69-26-28-70(29-27-69)37-42-10-15-45(34-51(42)61)65-53-20-21-55(73)67-57(53)75/h3-19,34-35,46,53,65-66H,20-33,36-39H2,1-2H3,(H,68,74)(H,67,73,75)/t46-,53?/m1/s1. The van der Waals surface area contributed by atoms with E-state index in [4.69, 9.17) is 11.6 Å². The SMILES string of the molecule is CC1(C)CCC(c2ccc(Cl)cc2)=C(CN2CCN(c3ccc(C(=O)NS(=O)(=O)c4ccc(N[C@H](CCN5CCN(Cc6ccc(NC7CCC(=O)NC7=O)cc6F)CC5)CSc5ccccc5)c(S(=O)(=O)C(F)(F)F)c4)cc3)CC2)C1. The van der Waals surface area contributed by atoms with E-state index < -0.39 is 70.6 Å². The van der Waals surface area contributed by atoms with Crippen molar-refractivity contribution < 1.29 is 48.8 Å². The number of halogens is 5. The molecule has 3 saturated heterocycles. The highest BCUT2D eigenvalue weighted by Crippen LogP contribution is 2.43. The van der Waals surface area contributed by atoms with Crippen molar-refractivity contribution in [2.45, 2.75) is 91.2 Å². The van der Waals surface area contributed by atoms with Gasteiger partial charge in [0.2, 0.25) is 11.8 Å². The first-order chi connectivity index (χ1) is 39.0. The first-order valence-corrected chi connectivity index (χ1v) is 31.7. The number of allylic oxidation sites excluding steroid dienone is 1. The number of rotatable bonds is 20. The fraction of sp³-hybridized carbons (Fsp3) is 0.407. The van der Waals surface area contributed by atoms with Gasteiger partial charge in [-0.1, -0.05) is 67.4 Å². The highest BCUT2D eigenvalue weighted by Gasteiger charge is 2.48. The summed E-state index contributed by atoms with van der Waals surface area (Å²) in [5.41, 5.74) is -0.384. The summed E-state index contributed by atoms with van der Waals surface area (Å²) in [6.07, 6.45) is 3.93. The van der Waals surface area contributed by atoms with E-state index in [0.29, 0.717) is 87.5 Å². The summed E-state index contributed by atoms with van der Waals surface area (Å²) < 4.78 is 115. The van der Waals surface area contributed by atoms with Gasteiger partial charge in [0.1, 0.15) is 16.8 Å². The molecule has 0 spiro atoms. The molecule has 3 heterocycles. The van der Waals surface area contributed by atoms with Gasteiger partial charge in [0.25, 0.3) is 25.8 Å². The molecular formula is C59H67ClF4N8O7S3. The normalized spacial score (nSPS) is 19.2. The van der Waals surface area contributed by atoms with Gasteiger partial charge in [0, 0.05) is 123 Å². The number of carbonyl (C=O) groups excluding carboxylic acids is 3. The number of nitrogens with zero attached hydrogens (tertiary/aromatic N) is 4. The number of sulfone groups is 1. The van der Waals surface area contributed by atoms with Gasteiger partial charge in [-0.2, -0.15) is 13.2 Å². The second-order valence-corrected chi connectivity index (χ2v) is 27.2. The predicted molar refractivity (Wildman–Crippen MR) is 313 cm³/mol. The molecule has 0 saturated carbocycles. The quantitative estimate of drug-likeness (QED) is 0.0329. The van der Waals surface area contributed by atoms with Crippen LogP contribution >= 0.6 is 23.4 Å². The Kier molecular flexibility index (Phi) is 19.1. The van der Waals surface area contributed by atoms with Gasteiger partial charge in [0.15, 0.2) is 0 Å². The molecule has 2 atom stereocenters. The molecule has 4 aliphatic rings. The summed E-state index contributed by atoms with van der Waals surface area (Å²) >= 11 is 7.61. The van der Waals surface area contributed by atoms with Crippen LogP contribution in [0.4, 0.5) is 34.6 Å².